The standard InChI is InChI=1S/C31H61N/c1-25(2)24-26(3)22-20-18-16-14-12-10-9-11-13-15-17-19-21-23-27(4)28(5)29(6)30(7)31(8)32/h25-27,31H,7,9-24,32H2,1-6,8H3/b29-28-. The molecule has 0 aromatic carbocycles. The number of unbranched alkanes of at least 4 members (excludes halogenated alkanes) is 12. The van der Waals surface area contributed by atoms with Crippen molar-refractivity contribution in [2.24, 2.45) is 23.5 Å². The fraction of sp³-hybridized carbons (Fsp3) is 0.871. The van der Waals surface area contributed by atoms with Crippen molar-refractivity contribution in [3.8, 4) is 0 Å². The molecule has 3 unspecified atom stereocenters. The number of hydrogen-bond acceptors (Lipinski definition) is 1. The van der Waals surface area contributed by atoms with Crippen LogP contribution < -0.4 is 5.73 Å². The summed E-state index contributed by atoms with van der Waals surface area (Å²) in [7, 11) is 0. The van der Waals surface area contributed by atoms with E-state index in [9.17, 15) is 0 Å². The maximum absolute atomic E-state index is 5.99. The number of rotatable bonds is 21. The van der Waals surface area contributed by atoms with Gasteiger partial charge >= 0.3 is 0 Å². The zero-order valence-electron chi connectivity index (χ0n) is 23.4. The smallest absolute Gasteiger partial charge is 0.0262 e. The van der Waals surface area contributed by atoms with Gasteiger partial charge in [0.1, 0.15) is 0 Å². The molecule has 190 valence electrons. The molecule has 0 aliphatic carbocycles. The summed E-state index contributed by atoms with van der Waals surface area (Å²) in [5.41, 5.74) is 9.89. The molecule has 0 rings (SSSR count). The van der Waals surface area contributed by atoms with Gasteiger partial charge in [-0.05, 0) is 62.5 Å². The third kappa shape index (κ3) is 17.0. The highest BCUT2D eigenvalue weighted by atomic mass is 14.6. The van der Waals surface area contributed by atoms with E-state index in [1.807, 2.05) is 6.92 Å². The highest BCUT2D eigenvalue weighted by Gasteiger charge is 2.11. The molecule has 0 radical (unpaired) electrons. The minimum absolute atomic E-state index is 0.0606. The molecule has 32 heavy (non-hydrogen) atoms. The van der Waals surface area contributed by atoms with Gasteiger partial charge in [0, 0.05) is 6.04 Å². The van der Waals surface area contributed by atoms with Crippen LogP contribution in [0.2, 0.25) is 0 Å². The first-order valence-electron chi connectivity index (χ1n) is 14.3. The summed E-state index contributed by atoms with van der Waals surface area (Å²) in [5, 5.41) is 0. The molecule has 0 aliphatic heterocycles. The lowest BCUT2D eigenvalue weighted by molar-refractivity contribution is 0.397. The predicted molar refractivity (Wildman–Crippen MR) is 148 cm³/mol. The van der Waals surface area contributed by atoms with Crippen LogP contribution in [0.15, 0.2) is 23.3 Å². The van der Waals surface area contributed by atoms with Crippen LogP contribution in [0.4, 0.5) is 0 Å². The minimum Gasteiger partial charge on any atom is -0.324 e. The van der Waals surface area contributed by atoms with Crippen molar-refractivity contribution in [2.45, 2.75) is 157 Å². The molecule has 0 amide bonds. The van der Waals surface area contributed by atoms with Gasteiger partial charge in [-0.2, -0.15) is 0 Å². The molecule has 3 atom stereocenters. The lowest BCUT2D eigenvalue weighted by Gasteiger charge is -2.19. The molecule has 1 nitrogen and oxygen atoms in total. The summed E-state index contributed by atoms with van der Waals surface area (Å²) in [6.45, 7) is 20.1. The molecular weight excluding hydrogens is 386 g/mol. The van der Waals surface area contributed by atoms with E-state index in [0.717, 1.165) is 17.4 Å². The van der Waals surface area contributed by atoms with Gasteiger partial charge in [0.15, 0.2) is 0 Å². The Bertz CT molecular complexity index is 485. The van der Waals surface area contributed by atoms with E-state index in [2.05, 4.69) is 48.1 Å². The van der Waals surface area contributed by atoms with E-state index in [-0.39, 0.29) is 6.04 Å². The predicted octanol–water partition coefficient (Wildman–Crippen LogP) is 10.4. The molecular formula is C31H61N. The summed E-state index contributed by atoms with van der Waals surface area (Å²) >= 11 is 0. The van der Waals surface area contributed by atoms with E-state index in [1.165, 1.54) is 114 Å². The van der Waals surface area contributed by atoms with E-state index >= 15 is 0 Å². The fourth-order valence-corrected chi connectivity index (χ4v) is 4.99. The molecule has 1 heteroatoms. The second kappa shape index (κ2) is 19.9. The van der Waals surface area contributed by atoms with Crippen molar-refractivity contribution >= 4 is 0 Å². The van der Waals surface area contributed by atoms with Gasteiger partial charge < -0.3 is 5.73 Å². The Morgan fingerprint density at radius 1 is 0.625 bits per heavy atom. The third-order valence-electron chi connectivity index (χ3n) is 7.57. The van der Waals surface area contributed by atoms with Gasteiger partial charge in [-0.25, -0.2) is 0 Å². The zero-order chi connectivity index (χ0) is 24.4. The Morgan fingerprint density at radius 2 is 1.00 bits per heavy atom. The van der Waals surface area contributed by atoms with Gasteiger partial charge in [-0.1, -0.05) is 130 Å². The number of hydrogen-bond donors (Lipinski definition) is 1. The van der Waals surface area contributed by atoms with Gasteiger partial charge in [0.05, 0.1) is 0 Å². The van der Waals surface area contributed by atoms with Crippen LogP contribution in [0.3, 0.4) is 0 Å². The molecule has 0 spiro atoms. The Hall–Kier alpha value is -0.560. The lowest BCUT2D eigenvalue weighted by Crippen LogP contribution is -2.19. The molecule has 0 aliphatic rings. The first-order valence-corrected chi connectivity index (χ1v) is 14.3. The van der Waals surface area contributed by atoms with Crippen LogP contribution in [0.25, 0.3) is 0 Å². The van der Waals surface area contributed by atoms with E-state index in [4.69, 9.17) is 5.73 Å². The highest BCUT2D eigenvalue weighted by Crippen LogP contribution is 2.25. The molecule has 0 saturated heterocycles. The highest BCUT2D eigenvalue weighted by molar-refractivity contribution is 5.34. The Morgan fingerprint density at radius 3 is 1.38 bits per heavy atom. The minimum atomic E-state index is 0.0606. The van der Waals surface area contributed by atoms with E-state index in [1.54, 1.807) is 0 Å². The van der Waals surface area contributed by atoms with Crippen molar-refractivity contribution < 1.29 is 0 Å². The molecule has 0 aromatic rings. The summed E-state index contributed by atoms with van der Waals surface area (Å²) < 4.78 is 0. The summed E-state index contributed by atoms with van der Waals surface area (Å²) in [6.07, 6.45) is 22.8. The van der Waals surface area contributed by atoms with Crippen LogP contribution in [0, 0.1) is 17.8 Å². The number of nitrogens with two attached hydrogens (primary N) is 1. The first kappa shape index (κ1) is 31.4. The largest absolute Gasteiger partial charge is 0.324 e. The Kier molecular flexibility index (Phi) is 19.5. The molecule has 0 fully saturated rings. The summed E-state index contributed by atoms with van der Waals surface area (Å²) in [5.74, 6) is 2.44. The third-order valence-corrected chi connectivity index (χ3v) is 7.57. The second-order valence-electron chi connectivity index (χ2n) is 11.4. The Labute approximate surface area is 204 Å². The van der Waals surface area contributed by atoms with Gasteiger partial charge in [0.25, 0.3) is 0 Å². The topological polar surface area (TPSA) is 26.0 Å². The van der Waals surface area contributed by atoms with E-state index in [0.29, 0.717) is 5.92 Å². The quantitative estimate of drug-likeness (QED) is 0.137. The lowest BCUT2D eigenvalue weighted by atomic mass is 9.88. The maximum atomic E-state index is 5.99. The normalized spacial score (nSPS) is 15.5. The summed E-state index contributed by atoms with van der Waals surface area (Å²) in [6, 6.07) is 0.0606. The second-order valence-corrected chi connectivity index (χ2v) is 11.4. The van der Waals surface area contributed by atoms with Gasteiger partial charge in [-0.3, -0.25) is 0 Å². The van der Waals surface area contributed by atoms with Crippen molar-refractivity contribution in [2.75, 3.05) is 0 Å². The van der Waals surface area contributed by atoms with E-state index < -0.39 is 0 Å². The van der Waals surface area contributed by atoms with Crippen molar-refractivity contribution in [1.82, 2.24) is 0 Å². The van der Waals surface area contributed by atoms with Crippen molar-refractivity contribution in [3.05, 3.63) is 23.3 Å². The molecule has 0 aromatic heterocycles. The van der Waals surface area contributed by atoms with Crippen LogP contribution in [-0.4, -0.2) is 6.04 Å². The fourth-order valence-electron chi connectivity index (χ4n) is 4.99. The molecule has 0 bridgehead atoms. The SMILES string of the molecule is C=C(/C(C)=C(/C)C(C)CCCCCCCCCCCCCCCC(C)CC(C)C)C(C)N. The monoisotopic (exact) mass is 447 g/mol. The summed E-state index contributed by atoms with van der Waals surface area (Å²) in [4.78, 5) is 0. The van der Waals surface area contributed by atoms with Crippen LogP contribution in [0.1, 0.15) is 151 Å². The average molecular weight is 448 g/mol. The average Bonchev–Trinajstić information content (AvgIpc) is 2.73. The zero-order valence-corrected chi connectivity index (χ0v) is 23.4. The molecule has 2 N–H and O–H groups in total. The Balaban J connectivity index is 3.50. The number of allylic oxidation sites excluding steroid dienone is 1. The van der Waals surface area contributed by atoms with Gasteiger partial charge in [0.2, 0.25) is 0 Å². The first-order chi connectivity index (χ1) is 15.2. The molecule has 0 saturated carbocycles. The van der Waals surface area contributed by atoms with Gasteiger partial charge in [-0.15, -0.1) is 0 Å². The molecule has 0 heterocycles. The maximum Gasteiger partial charge on any atom is 0.0262 e. The van der Waals surface area contributed by atoms with Crippen LogP contribution >= 0.6 is 0 Å². The van der Waals surface area contributed by atoms with Crippen LogP contribution in [0.5, 0.6) is 0 Å². The van der Waals surface area contributed by atoms with Crippen LogP contribution in [-0.2, 0) is 0 Å². The van der Waals surface area contributed by atoms with Crippen molar-refractivity contribution in [1.29, 1.82) is 0 Å². The van der Waals surface area contributed by atoms with Crippen molar-refractivity contribution in [3.63, 3.8) is 0 Å².